The molecule has 4 nitrogen and oxygen atoms in total. The minimum absolute atomic E-state index is 0. The molecular weight excluding hydrogens is 254 g/mol. The zero-order chi connectivity index (χ0) is 12.3. The second-order valence-electron chi connectivity index (χ2n) is 4.45. The van der Waals surface area contributed by atoms with Gasteiger partial charge in [0, 0.05) is 17.7 Å². The van der Waals surface area contributed by atoms with Crippen molar-refractivity contribution in [3.05, 3.63) is 23.3 Å². The quantitative estimate of drug-likeness (QED) is 0.775. The molecule has 102 valence electrons. The first-order valence-corrected chi connectivity index (χ1v) is 6.07. The number of aliphatic hydroxyl groups excluding tert-OH is 1. The molecule has 0 heterocycles. The smallest absolute Gasteiger partial charge is 0.123 e. The molecule has 1 aliphatic carbocycles. The lowest BCUT2D eigenvalue weighted by Crippen LogP contribution is -2.27. The van der Waals surface area contributed by atoms with Gasteiger partial charge >= 0.3 is 0 Å². The molecule has 1 unspecified atom stereocenters. The van der Waals surface area contributed by atoms with Crippen LogP contribution in [-0.2, 0) is 12.8 Å². The van der Waals surface area contributed by atoms with Gasteiger partial charge in [-0.15, -0.1) is 12.4 Å². The Bertz CT molecular complexity index is 398. The van der Waals surface area contributed by atoms with E-state index in [9.17, 15) is 10.2 Å². The molecular formula is C13H20ClNO3. The van der Waals surface area contributed by atoms with E-state index < -0.39 is 6.10 Å². The van der Waals surface area contributed by atoms with E-state index in [1.54, 1.807) is 12.1 Å². The third-order valence-corrected chi connectivity index (χ3v) is 3.17. The molecule has 0 aromatic heterocycles. The second kappa shape index (κ2) is 6.83. The highest BCUT2D eigenvalue weighted by Gasteiger charge is 2.18. The molecule has 1 aromatic rings. The van der Waals surface area contributed by atoms with Crippen LogP contribution in [0.1, 0.15) is 24.0 Å². The summed E-state index contributed by atoms with van der Waals surface area (Å²) in [4.78, 5) is 0. The van der Waals surface area contributed by atoms with Crippen LogP contribution in [0.25, 0.3) is 0 Å². The van der Waals surface area contributed by atoms with E-state index in [0.717, 1.165) is 42.6 Å². The fourth-order valence-electron chi connectivity index (χ4n) is 2.20. The fraction of sp³-hybridized carbons (Fsp3) is 0.538. The molecule has 0 saturated heterocycles. The number of hydrogen-bond acceptors (Lipinski definition) is 4. The van der Waals surface area contributed by atoms with Crippen LogP contribution in [0.3, 0.4) is 0 Å². The summed E-state index contributed by atoms with van der Waals surface area (Å²) >= 11 is 0. The molecule has 0 bridgehead atoms. The Labute approximate surface area is 113 Å². The molecule has 0 radical (unpaired) electrons. The van der Waals surface area contributed by atoms with Crippen LogP contribution in [0.5, 0.6) is 11.5 Å². The first kappa shape index (κ1) is 15.1. The third-order valence-electron chi connectivity index (χ3n) is 3.17. The maximum absolute atomic E-state index is 9.78. The zero-order valence-corrected chi connectivity index (χ0v) is 11.1. The van der Waals surface area contributed by atoms with Crippen molar-refractivity contribution in [1.82, 2.24) is 0 Å². The minimum atomic E-state index is -0.636. The average molecular weight is 274 g/mol. The van der Waals surface area contributed by atoms with Gasteiger partial charge in [0.15, 0.2) is 0 Å². The first-order chi connectivity index (χ1) is 8.22. The van der Waals surface area contributed by atoms with Crippen molar-refractivity contribution in [3.8, 4) is 11.5 Å². The number of phenols is 1. The first-order valence-electron chi connectivity index (χ1n) is 6.07. The molecule has 1 aliphatic rings. The number of aromatic hydroxyl groups is 1. The van der Waals surface area contributed by atoms with Crippen LogP contribution in [-0.4, -0.2) is 29.5 Å². The Balaban J connectivity index is 0.00000162. The summed E-state index contributed by atoms with van der Waals surface area (Å²) in [6.45, 7) is 0.397. The van der Waals surface area contributed by atoms with Crippen molar-refractivity contribution >= 4 is 12.4 Å². The largest absolute Gasteiger partial charge is 0.508 e. The number of rotatable bonds is 4. The Morgan fingerprint density at radius 2 is 1.89 bits per heavy atom. The maximum Gasteiger partial charge on any atom is 0.123 e. The van der Waals surface area contributed by atoms with Crippen molar-refractivity contribution in [2.45, 2.75) is 31.8 Å². The number of hydrogen-bond donors (Lipinski definition) is 3. The SMILES string of the molecule is Cl.NCC(O)COc1ccc(O)c2c1CCCC2. The van der Waals surface area contributed by atoms with Gasteiger partial charge < -0.3 is 20.7 Å². The van der Waals surface area contributed by atoms with Gasteiger partial charge in [-0.3, -0.25) is 0 Å². The van der Waals surface area contributed by atoms with Gasteiger partial charge in [-0.1, -0.05) is 0 Å². The fourth-order valence-corrected chi connectivity index (χ4v) is 2.20. The Hall–Kier alpha value is -0.970. The molecule has 0 amide bonds. The number of ether oxygens (including phenoxy) is 1. The van der Waals surface area contributed by atoms with Crippen LogP contribution in [0.2, 0.25) is 0 Å². The summed E-state index contributed by atoms with van der Waals surface area (Å²) in [5.74, 6) is 1.12. The van der Waals surface area contributed by atoms with Gasteiger partial charge in [-0.2, -0.15) is 0 Å². The summed E-state index contributed by atoms with van der Waals surface area (Å²) in [6, 6.07) is 3.43. The molecule has 2 rings (SSSR count). The number of phenolic OH excluding ortho intramolecular Hbond substituents is 1. The molecule has 4 N–H and O–H groups in total. The highest BCUT2D eigenvalue weighted by molar-refractivity contribution is 5.85. The number of halogens is 1. The Morgan fingerprint density at radius 1 is 1.22 bits per heavy atom. The Kier molecular flexibility index (Phi) is 5.72. The topological polar surface area (TPSA) is 75.7 Å². The average Bonchev–Trinajstić information content (AvgIpc) is 2.38. The van der Waals surface area contributed by atoms with E-state index in [4.69, 9.17) is 10.5 Å². The molecule has 1 atom stereocenters. The van der Waals surface area contributed by atoms with Gasteiger partial charge in [0.25, 0.3) is 0 Å². The molecule has 0 saturated carbocycles. The lowest BCUT2D eigenvalue weighted by molar-refractivity contribution is 0.113. The lowest BCUT2D eigenvalue weighted by Gasteiger charge is -2.21. The third kappa shape index (κ3) is 3.28. The molecule has 0 fully saturated rings. The van der Waals surface area contributed by atoms with Gasteiger partial charge in [-0.25, -0.2) is 0 Å². The van der Waals surface area contributed by atoms with E-state index in [2.05, 4.69) is 0 Å². The normalized spacial score (nSPS) is 15.4. The van der Waals surface area contributed by atoms with Crippen molar-refractivity contribution in [2.75, 3.05) is 13.2 Å². The van der Waals surface area contributed by atoms with Crippen molar-refractivity contribution in [2.24, 2.45) is 5.73 Å². The molecule has 5 heteroatoms. The highest BCUT2D eigenvalue weighted by Crippen LogP contribution is 2.35. The van der Waals surface area contributed by atoms with Gasteiger partial charge in [0.2, 0.25) is 0 Å². The monoisotopic (exact) mass is 273 g/mol. The molecule has 0 spiro atoms. The summed E-state index contributed by atoms with van der Waals surface area (Å²) in [5, 5.41) is 19.2. The van der Waals surface area contributed by atoms with E-state index in [-0.39, 0.29) is 25.6 Å². The van der Waals surface area contributed by atoms with Crippen molar-refractivity contribution in [3.63, 3.8) is 0 Å². The van der Waals surface area contributed by atoms with Crippen LogP contribution >= 0.6 is 12.4 Å². The summed E-state index contributed by atoms with van der Waals surface area (Å²) < 4.78 is 5.57. The lowest BCUT2D eigenvalue weighted by atomic mass is 9.90. The van der Waals surface area contributed by atoms with Crippen LogP contribution in [0.4, 0.5) is 0 Å². The van der Waals surface area contributed by atoms with Crippen LogP contribution < -0.4 is 10.5 Å². The highest BCUT2D eigenvalue weighted by atomic mass is 35.5. The molecule has 1 aromatic carbocycles. The second-order valence-corrected chi connectivity index (χ2v) is 4.45. The maximum atomic E-state index is 9.78. The Morgan fingerprint density at radius 3 is 2.56 bits per heavy atom. The van der Waals surface area contributed by atoms with Gasteiger partial charge in [-0.05, 0) is 37.8 Å². The minimum Gasteiger partial charge on any atom is -0.508 e. The number of aliphatic hydroxyl groups is 1. The van der Waals surface area contributed by atoms with E-state index in [1.165, 1.54) is 0 Å². The van der Waals surface area contributed by atoms with Gasteiger partial charge in [0.05, 0.1) is 0 Å². The summed E-state index contributed by atoms with van der Waals surface area (Å²) in [7, 11) is 0. The van der Waals surface area contributed by atoms with Crippen molar-refractivity contribution in [1.29, 1.82) is 0 Å². The van der Waals surface area contributed by atoms with E-state index in [1.807, 2.05) is 0 Å². The zero-order valence-electron chi connectivity index (χ0n) is 10.3. The molecule has 18 heavy (non-hydrogen) atoms. The predicted octanol–water partition coefficient (Wildman–Crippen LogP) is 1.39. The summed E-state index contributed by atoms with van der Waals surface area (Å²) in [5.41, 5.74) is 7.41. The van der Waals surface area contributed by atoms with Crippen LogP contribution in [0, 0.1) is 0 Å². The van der Waals surface area contributed by atoms with Gasteiger partial charge in [0.1, 0.15) is 24.2 Å². The van der Waals surface area contributed by atoms with E-state index >= 15 is 0 Å². The number of benzene rings is 1. The standard InChI is InChI=1S/C13H19NO3.ClH/c14-7-9(15)8-17-13-6-5-12(16)10-3-1-2-4-11(10)13;/h5-6,9,15-16H,1-4,7-8,14H2;1H. The molecule has 0 aliphatic heterocycles. The van der Waals surface area contributed by atoms with E-state index in [0.29, 0.717) is 5.75 Å². The summed E-state index contributed by atoms with van der Waals surface area (Å²) in [6.07, 6.45) is 3.42. The van der Waals surface area contributed by atoms with Crippen molar-refractivity contribution < 1.29 is 14.9 Å². The number of nitrogens with two attached hydrogens (primary N) is 1. The number of fused-ring (bicyclic) bond motifs is 1. The van der Waals surface area contributed by atoms with Crippen LogP contribution in [0.15, 0.2) is 12.1 Å². The predicted molar refractivity (Wildman–Crippen MR) is 72.6 cm³/mol.